The van der Waals surface area contributed by atoms with Crippen LogP contribution >= 0.6 is 0 Å². The van der Waals surface area contributed by atoms with E-state index in [0.29, 0.717) is 12.8 Å². The number of halogens is 2. The Hall–Kier alpha value is -1.05. The SMILES string of the molecule is CS(=O)(=O)C1CCCC(C(NN)c2cc(F)ccc2F)C1. The minimum Gasteiger partial charge on any atom is -0.271 e. The van der Waals surface area contributed by atoms with Gasteiger partial charge in [0, 0.05) is 11.8 Å². The van der Waals surface area contributed by atoms with Gasteiger partial charge in [-0.2, -0.15) is 0 Å². The molecule has 0 heterocycles. The van der Waals surface area contributed by atoms with Gasteiger partial charge in [-0.25, -0.2) is 17.2 Å². The highest BCUT2D eigenvalue weighted by molar-refractivity contribution is 7.91. The van der Waals surface area contributed by atoms with E-state index in [-0.39, 0.29) is 11.5 Å². The summed E-state index contributed by atoms with van der Waals surface area (Å²) < 4.78 is 50.7. The number of hydrazine groups is 1. The van der Waals surface area contributed by atoms with E-state index in [4.69, 9.17) is 5.84 Å². The Balaban J connectivity index is 2.27. The van der Waals surface area contributed by atoms with E-state index in [0.717, 1.165) is 31.0 Å². The van der Waals surface area contributed by atoms with Crippen LogP contribution in [0.2, 0.25) is 0 Å². The van der Waals surface area contributed by atoms with Gasteiger partial charge in [-0.15, -0.1) is 0 Å². The Morgan fingerprint density at radius 3 is 2.67 bits per heavy atom. The van der Waals surface area contributed by atoms with Crippen LogP contribution in [0.15, 0.2) is 18.2 Å². The van der Waals surface area contributed by atoms with E-state index in [2.05, 4.69) is 5.43 Å². The summed E-state index contributed by atoms with van der Waals surface area (Å²) >= 11 is 0. The Bertz CT molecular complexity index is 607. The number of nitrogens with two attached hydrogens (primary N) is 1. The second-order valence-electron chi connectivity index (χ2n) is 5.69. The lowest BCUT2D eigenvalue weighted by Crippen LogP contribution is -2.38. The standard InChI is InChI=1S/C14H20F2N2O2S/c1-21(19,20)11-4-2-3-9(7-11)14(18-17)12-8-10(15)5-6-13(12)16/h5-6,8-9,11,14,18H,2-4,7,17H2,1H3. The number of rotatable bonds is 4. The first-order valence-corrected chi connectivity index (χ1v) is 8.88. The van der Waals surface area contributed by atoms with Gasteiger partial charge in [0.25, 0.3) is 0 Å². The van der Waals surface area contributed by atoms with Crippen molar-refractivity contribution in [2.75, 3.05) is 6.26 Å². The van der Waals surface area contributed by atoms with Crippen LogP contribution in [0, 0.1) is 17.6 Å². The minimum absolute atomic E-state index is 0.139. The lowest BCUT2D eigenvalue weighted by atomic mass is 9.81. The lowest BCUT2D eigenvalue weighted by molar-refractivity contribution is 0.269. The van der Waals surface area contributed by atoms with Crippen LogP contribution in [0.5, 0.6) is 0 Å². The fourth-order valence-electron chi connectivity index (χ4n) is 3.11. The Morgan fingerprint density at radius 2 is 2.05 bits per heavy atom. The summed E-state index contributed by atoms with van der Waals surface area (Å²) in [4.78, 5) is 0. The third-order valence-electron chi connectivity index (χ3n) is 4.22. The molecule has 0 saturated heterocycles. The smallest absolute Gasteiger partial charge is 0.150 e. The molecule has 1 aliphatic carbocycles. The highest BCUT2D eigenvalue weighted by Crippen LogP contribution is 2.37. The highest BCUT2D eigenvalue weighted by Gasteiger charge is 2.34. The quantitative estimate of drug-likeness (QED) is 0.658. The topological polar surface area (TPSA) is 72.2 Å². The Kier molecular flexibility index (Phi) is 4.95. The predicted molar refractivity (Wildman–Crippen MR) is 77.0 cm³/mol. The van der Waals surface area contributed by atoms with Crippen molar-refractivity contribution in [1.82, 2.24) is 5.43 Å². The third-order valence-corrected chi connectivity index (χ3v) is 5.86. The number of hydrogen-bond donors (Lipinski definition) is 2. The zero-order valence-corrected chi connectivity index (χ0v) is 12.7. The van der Waals surface area contributed by atoms with Crippen molar-refractivity contribution in [3.63, 3.8) is 0 Å². The van der Waals surface area contributed by atoms with Crippen LogP contribution in [0.3, 0.4) is 0 Å². The van der Waals surface area contributed by atoms with Crippen molar-refractivity contribution in [3.8, 4) is 0 Å². The first-order chi connectivity index (χ1) is 9.82. The molecule has 1 fully saturated rings. The van der Waals surface area contributed by atoms with E-state index >= 15 is 0 Å². The molecule has 0 aliphatic heterocycles. The van der Waals surface area contributed by atoms with E-state index in [9.17, 15) is 17.2 Å². The van der Waals surface area contributed by atoms with Gasteiger partial charge in [0.1, 0.15) is 21.5 Å². The molecule has 3 atom stereocenters. The van der Waals surface area contributed by atoms with Gasteiger partial charge in [-0.3, -0.25) is 11.3 Å². The summed E-state index contributed by atoms with van der Waals surface area (Å²) in [5, 5.41) is -0.441. The summed E-state index contributed by atoms with van der Waals surface area (Å²) in [6.45, 7) is 0. The van der Waals surface area contributed by atoms with Gasteiger partial charge in [0.2, 0.25) is 0 Å². The fraction of sp³-hybridized carbons (Fsp3) is 0.571. The molecule has 0 aromatic heterocycles. The van der Waals surface area contributed by atoms with Crippen LogP contribution in [-0.4, -0.2) is 19.9 Å². The Labute approximate surface area is 123 Å². The average Bonchev–Trinajstić information content (AvgIpc) is 2.43. The second-order valence-corrected chi connectivity index (χ2v) is 8.01. The molecular formula is C14H20F2N2O2S. The molecule has 1 aromatic rings. The summed E-state index contributed by atoms with van der Waals surface area (Å²) in [5.74, 6) is 4.30. The van der Waals surface area contributed by atoms with Gasteiger partial charge < -0.3 is 0 Å². The number of hydrogen-bond acceptors (Lipinski definition) is 4. The highest BCUT2D eigenvalue weighted by atomic mass is 32.2. The largest absolute Gasteiger partial charge is 0.271 e. The molecule has 3 unspecified atom stereocenters. The zero-order valence-electron chi connectivity index (χ0n) is 11.9. The molecule has 0 amide bonds. The van der Waals surface area contributed by atoms with E-state index in [1.807, 2.05) is 0 Å². The molecule has 21 heavy (non-hydrogen) atoms. The maximum atomic E-state index is 13.9. The molecule has 0 spiro atoms. The average molecular weight is 318 g/mol. The summed E-state index contributed by atoms with van der Waals surface area (Å²) in [7, 11) is -3.14. The molecule has 1 saturated carbocycles. The third kappa shape index (κ3) is 3.78. The number of benzene rings is 1. The normalized spacial score (nSPS) is 24.8. The van der Waals surface area contributed by atoms with Gasteiger partial charge in [-0.05, 0) is 43.4 Å². The van der Waals surface area contributed by atoms with Crippen LogP contribution < -0.4 is 11.3 Å². The molecule has 3 N–H and O–H groups in total. The number of nitrogens with one attached hydrogen (secondary N) is 1. The van der Waals surface area contributed by atoms with E-state index < -0.39 is 32.8 Å². The van der Waals surface area contributed by atoms with Crippen molar-refractivity contribution in [1.29, 1.82) is 0 Å². The van der Waals surface area contributed by atoms with Crippen molar-refractivity contribution in [2.24, 2.45) is 11.8 Å². The van der Waals surface area contributed by atoms with Crippen LogP contribution in [0.1, 0.15) is 37.3 Å². The first-order valence-electron chi connectivity index (χ1n) is 6.93. The number of sulfone groups is 1. The zero-order chi connectivity index (χ0) is 15.6. The molecule has 118 valence electrons. The van der Waals surface area contributed by atoms with Gasteiger partial charge in [0.05, 0.1) is 11.3 Å². The second kappa shape index (κ2) is 6.37. The molecule has 1 aliphatic rings. The molecule has 1 aromatic carbocycles. The van der Waals surface area contributed by atoms with E-state index in [1.165, 1.54) is 6.26 Å². The Morgan fingerprint density at radius 1 is 1.33 bits per heavy atom. The van der Waals surface area contributed by atoms with Crippen LogP contribution in [0.4, 0.5) is 8.78 Å². The summed E-state index contributed by atoms with van der Waals surface area (Å²) in [6, 6.07) is 2.63. The maximum Gasteiger partial charge on any atom is 0.150 e. The first kappa shape index (κ1) is 16.3. The summed E-state index contributed by atoms with van der Waals surface area (Å²) in [6.07, 6.45) is 3.70. The van der Waals surface area contributed by atoms with Crippen molar-refractivity contribution in [3.05, 3.63) is 35.4 Å². The van der Waals surface area contributed by atoms with Crippen molar-refractivity contribution < 1.29 is 17.2 Å². The predicted octanol–water partition coefficient (Wildman–Crippen LogP) is 2.07. The molecular weight excluding hydrogens is 298 g/mol. The van der Waals surface area contributed by atoms with Crippen LogP contribution in [0.25, 0.3) is 0 Å². The summed E-state index contributed by atoms with van der Waals surface area (Å²) in [5.41, 5.74) is 2.68. The van der Waals surface area contributed by atoms with Gasteiger partial charge in [0.15, 0.2) is 0 Å². The van der Waals surface area contributed by atoms with Gasteiger partial charge >= 0.3 is 0 Å². The van der Waals surface area contributed by atoms with Crippen LogP contribution in [-0.2, 0) is 9.84 Å². The molecule has 0 radical (unpaired) electrons. The van der Waals surface area contributed by atoms with Gasteiger partial charge in [-0.1, -0.05) is 6.42 Å². The molecule has 0 bridgehead atoms. The monoisotopic (exact) mass is 318 g/mol. The molecule has 7 heteroatoms. The minimum atomic E-state index is -3.14. The van der Waals surface area contributed by atoms with Crippen molar-refractivity contribution in [2.45, 2.75) is 37.0 Å². The molecule has 4 nitrogen and oxygen atoms in total. The lowest BCUT2D eigenvalue weighted by Gasteiger charge is -2.33. The van der Waals surface area contributed by atoms with E-state index in [1.54, 1.807) is 0 Å². The maximum absolute atomic E-state index is 13.9. The fourth-order valence-corrected chi connectivity index (χ4v) is 4.30. The molecule has 2 rings (SSSR count). The van der Waals surface area contributed by atoms with Crippen molar-refractivity contribution >= 4 is 9.84 Å².